The zero-order valence-electron chi connectivity index (χ0n) is 13.5. The van der Waals surface area contributed by atoms with Gasteiger partial charge >= 0.3 is 11.9 Å². The standard InChI is InChI=1S/C18H16FNO5/c1-24-17(22)12-6-4-7-13(9-12)18(23)25-11-16(21)20-10-14-5-2-3-8-15(14)19/h2-9H,10-11H2,1H3,(H,20,21). The predicted octanol–water partition coefficient (Wildman–Crippen LogP) is 2.09. The summed E-state index contributed by atoms with van der Waals surface area (Å²) in [6, 6.07) is 11.8. The van der Waals surface area contributed by atoms with Crippen LogP contribution in [0, 0.1) is 5.82 Å². The highest BCUT2D eigenvalue weighted by Gasteiger charge is 2.13. The van der Waals surface area contributed by atoms with E-state index < -0.39 is 30.3 Å². The number of ether oxygens (including phenoxy) is 2. The summed E-state index contributed by atoms with van der Waals surface area (Å²) in [6.45, 7) is -0.531. The normalized spacial score (nSPS) is 10.0. The van der Waals surface area contributed by atoms with Gasteiger partial charge in [-0.05, 0) is 24.3 Å². The molecule has 0 saturated carbocycles. The Kier molecular flexibility index (Phi) is 6.22. The first kappa shape index (κ1) is 18.1. The lowest BCUT2D eigenvalue weighted by Gasteiger charge is -2.08. The summed E-state index contributed by atoms with van der Waals surface area (Å²) in [5.41, 5.74) is 0.638. The van der Waals surface area contributed by atoms with E-state index in [-0.39, 0.29) is 17.7 Å². The smallest absolute Gasteiger partial charge is 0.338 e. The summed E-state index contributed by atoms with van der Waals surface area (Å²) in [4.78, 5) is 35.1. The van der Waals surface area contributed by atoms with Gasteiger partial charge < -0.3 is 14.8 Å². The molecule has 0 bridgehead atoms. The van der Waals surface area contributed by atoms with Gasteiger partial charge in [-0.15, -0.1) is 0 Å². The molecule has 0 saturated heterocycles. The fraction of sp³-hybridized carbons (Fsp3) is 0.167. The van der Waals surface area contributed by atoms with Gasteiger partial charge in [-0.2, -0.15) is 0 Å². The molecule has 7 heteroatoms. The minimum absolute atomic E-state index is 0.0130. The summed E-state index contributed by atoms with van der Waals surface area (Å²) < 4.78 is 22.9. The van der Waals surface area contributed by atoms with Crippen LogP contribution in [0.15, 0.2) is 48.5 Å². The lowest BCUT2D eigenvalue weighted by atomic mass is 10.1. The second-order valence-corrected chi connectivity index (χ2v) is 5.02. The van der Waals surface area contributed by atoms with E-state index in [1.807, 2.05) is 0 Å². The molecule has 25 heavy (non-hydrogen) atoms. The first-order chi connectivity index (χ1) is 12.0. The molecule has 0 unspecified atom stereocenters. The van der Waals surface area contributed by atoms with E-state index in [0.29, 0.717) is 5.56 Å². The van der Waals surface area contributed by atoms with Crippen molar-refractivity contribution in [3.8, 4) is 0 Å². The molecule has 2 rings (SSSR count). The Bertz CT molecular complexity index is 791. The van der Waals surface area contributed by atoms with Crippen molar-refractivity contribution >= 4 is 17.8 Å². The number of hydrogen-bond acceptors (Lipinski definition) is 5. The molecule has 0 aliphatic rings. The minimum Gasteiger partial charge on any atom is -0.465 e. The average Bonchev–Trinajstić information content (AvgIpc) is 2.64. The van der Waals surface area contributed by atoms with Crippen molar-refractivity contribution in [2.75, 3.05) is 13.7 Å². The third kappa shape index (κ3) is 5.13. The van der Waals surface area contributed by atoms with Crippen LogP contribution in [0.5, 0.6) is 0 Å². The Hall–Kier alpha value is -3.22. The van der Waals surface area contributed by atoms with E-state index in [1.165, 1.54) is 37.4 Å². The SMILES string of the molecule is COC(=O)c1cccc(C(=O)OCC(=O)NCc2ccccc2F)c1. The monoisotopic (exact) mass is 345 g/mol. The second kappa shape index (κ2) is 8.58. The Balaban J connectivity index is 1.86. The van der Waals surface area contributed by atoms with Crippen molar-refractivity contribution in [1.29, 1.82) is 0 Å². The molecule has 1 amide bonds. The van der Waals surface area contributed by atoms with Crippen LogP contribution in [0.2, 0.25) is 0 Å². The van der Waals surface area contributed by atoms with Crippen LogP contribution in [0.4, 0.5) is 4.39 Å². The summed E-state index contributed by atoms with van der Waals surface area (Å²) in [7, 11) is 1.23. The Morgan fingerprint density at radius 3 is 2.36 bits per heavy atom. The summed E-state index contributed by atoms with van der Waals surface area (Å²) >= 11 is 0. The van der Waals surface area contributed by atoms with Crippen LogP contribution in [-0.2, 0) is 20.8 Å². The fourth-order valence-electron chi connectivity index (χ4n) is 1.99. The van der Waals surface area contributed by atoms with Gasteiger partial charge in [-0.1, -0.05) is 24.3 Å². The molecule has 0 atom stereocenters. The number of hydrogen-bond donors (Lipinski definition) is 1. The van der Waals surface area contributed by atoms with Crippen molar-refractivity contribution < 1.29 is 28.2 Å². The van der Waals surface area contributed by atoms with Gasteiger partial charge in [0.05, 0.1) is 18.2 Å². The minimum atomic E-state index is -0.758. The highest BCUT2D eigenvalue weighted by Crippen LogP contribution is 2.08. The van der Waals surface area contributed by atoms with Gasteiger partial charge in [0, 0.05) is 12.1 Å². The van der Waals surface area contributed by atoms with Crippen LogP contribution in [-0.4, -0.2) is 31.6 Å². The van der Waals surface area contributed by atoms with E-state index >= 15 is 0 Å². The number of nitrogens with one attached hydrogen (secondary N) is 1. The van der Waals surface area contributed by atoms with Crippen molar-refractivity contribution in [1.82, 2.24) is 5.32 Å². The highest BCUT2D eigenvalue weighted by molar-refractivity contribution is 5.95. The molecule has 1 N–H and O–H groups in total. The molecule has 0 radical (unpaired) electrons. The lowest BCUT2D eigenvalue weighted by Crippen LogP contribution is -2.28. The molecule has 0 aromatic heterocycles. The summed E-state index contributed by atoms with van der Waals surface area (Å²) in [5.74, 6) is -2.34. The molecular weight excluding hydrogens is 329 g/mol. The number of carbonyl (C=O) groups excluding carboxylic acids is 3. The molecule has 0 aliphatic carbocycles. The molecule has 0 heterocycles. The van der Waals surface area contributed by atoms with E-state index in [2.05, 4.69) is 10.1 Å². The number of amides is 1. The molecule has 0 aliphatic heterocycles. The van der Waals surface area contributed by atoms with Crippen LogP contribution >= 0.6 is 0 Å². The first-order valence-corrected chi connectivity index (χ1v) is 7.37. The zero-order valence-corrected chi connectivity index (χ0v) is 13.5. The number of methoxy groups -OCH3 is 1. The van der Waals surface area contributed by atoms with Crippen molar-refractivity contribution in [2.24, 2.45) is 0 Å². The van der Waals surface area contributed by atoms with Gasteiger partial charge in [0.1, 0.15) is 5.82 Å². The van der Waals surface area contributed by atoms with E-state index in [9.17, 15) is 18.8 Å². The van der Waals surface area contributed by atoms with Crippen molar-refractivity contribution in [3.05, 3.63) is 71.0 Å². The number of benzene rings is 2. The topological polar surface area (TPSA) is 81.7 Å². The number of halogens is 1. The van der Waals surface area contributed by atoms with E-state index in [1.54, 1.807) is 18.2 Å². The molecular formula is C18H16FNO5. The average molecular weight is 345 g/mol. The highest BCUT2D eigenvalue weighted by atomic mass is 19.1. The maximum absolute atomic E-state index is 13.4. The van der Waals surface area contributed by atoms with E-state index in [4.69, 9.17) is 4.74 Å². The number of esters is 2. The summed E-state index contributed by atoms with van der Waals surface area (Å²) in [6.07, 6.45) is 0. The Morgan fingerprint density at radius 1 is 1.00 bits per heavy atom. The molecule has 2 aromatic carbocycles. The molecule has 2 aromatic rings. The van der Waals surface area contributed by atoms with Gasteiger partial charge in [0.15, 0.2) is 6.61 Å². The molecule has 0 spiro atoms. The van der Waals surface area contributed by atoms with Gasteiger partial charge in [0.25, 0.3) is 5.91 Å². The van der Waals surface area contributed by atoms with Crippen LogP contribution in [0.25, 0.3) is 0 Å². The second-order valence-electron chi connectivity index (χ2n) is 5.02. The quantitative estimate of drug-likeness (QED) is 0.811. The van der Waals surface area contributed by atoms with Gasteiger partial charge in [-0.3, -0.25) is 4.79 Å². The Labute approximate surface area is 143 Å². The first-order valence-electron chi connectivity index (χ1n) is 7.37. The lowest BCUT2D eigenvalue weighted by molar-refractivity contribution is -0.124. The largest absolute Gasteiger partial charge is 0.465 e. The fourth-order valence-corrected chi connectivity index (χ4v) is 1.99. The maximum atomic E-state index is 13.4. The number of rotatable bonds is 6. The van der Waals surface area contributed by atoms with Crippen molar-refractivity contribution in [2.45, 2.75) is 6.54 Å². The Morgan fingerprint density at radius 2 is 1.68 bits per heavy atom. The van der Waals surface area contributed by atoms with Crippen LogP contribution < -0.4 is 5.32 Å². The molecule has 130 valence electrons. The predicted molar refractivity (Wildman–Crippen MR) is 86.3 cm³/mol. The molecule has 6 nitrogen and oxygen atoms in total. The number of carbonyl (C=O) groups is 3. The zero-order chi connectivity index (χ0) is 18.2. The van der Waals surface area contributed by atoms with Crippen molar-refractivity contribution in [3.63, 3.8) is 0 Å². The van der Waals surface area contributed by atoms with E-state index in [0.717, 1.165) is 0 Å². The van der Waals surface area contributed by atoms with Crippen LogP contribution in [0.3, 0.4) is 0 Å². The summed E-state index contributed by atoms with van der Waals surface area (Å²) in [5, 5.41) is 2.46. The van der Waals surface area contributed by atoms with Gasteiger partial charge in [-0.25, -0.2) is 14.0 Å². The van der Waals surface area contributed by atoms with Gasteiger partial charge in [0.2, 0.25) is 0 Å². The third-order valence-corrected chi connectivity index (χ3v) is 3.29. The third-order valence-electron chi connectivity index (χ3n) is 3.29. The molecule has 0 fully saturated rings. The van der Waals surface area contributed by atoms with Crippen LogP contribution in [0.1, 0.15) is 26.3 Å². The maximum Gasteiger partial charge on any atom is 0.338 e.